The molecular weight excluding hydrogens is 352 g/mol. The van der Waals surface area contributed by atoms with Gasteiger partial charge < -0.3 is 14.5 Å². The molecule has 0 unspecified atom stereocenters. The minimum Gasteiger partial charge on any atom is -0.416 e. The van der Waals surface area contributed by atoms with Gasteiger partial charge in [-0.05, 0) is 36.2 Å². The van der Waals surface area contributed by atoms with E-state index in [1.165, 1.54) is 17.0 Å². The highest BCUT2D eigenvalue weighted by atomic mass is 28.4. The molecule has 3 aliphatic heterocycles. The van der Waals surface area contributed by atoms with Crippen LogP contribution in [0.2, 0.25) is 18.1 Å². The van der Waals surface area contributed by atoms with E-state index in [0.29, 0.717) is 6.61 Å². The van der Waals surface area contributed by atoms with Crippen LogP contribution in [-0.4, -0.2) is 39.5 Å². The molecule has 4 nitrogen and oxygen atoms in total. The number of hydrogen-bond donors (Lipinski definition) is 1. The van der Waals surface area contributed by atoms with Gasteiger partial charge in [-0.1, -0.05) is 52.8 Å². The van der Waals surface area contributed by atoms with Crippen molar-refractivity contribution in [1.29, 1.82) is 0 Å². The van der Waals surface area contributed by atoms with Gasteiger partial charge in [0, 0.05) is 24.3 Å². The first-order chi connectivity index (χ1) is 12.5. The molecule has 0 aromatic heterocycles. The number of para-hydroxylation sites is 1. The Balaban J connectivity index is 1.60. The third-order valence-electron chi connectivity index (χ3n) is 7.23. The molecule has 1 saturated heterocycles. The van der Waals surface area contributed by atoms with Gasteiger partial charge in [0.1, 0.15) is 12.3 Å². The summed E-state index contributed by atoms with van der Waals surface area (Å²) in [6.07, 6.45) is 1.02. The summed E-state index contributed by atoms with van der Waals surface area (Å²) in [6.45, 7) is 17.6. The molecule has 3 aliphatic rings. The van der Waals surface area contributed by atoms with E-state index in [0.717, 1.165) is 13.0 Å². The van der Waals surface area contributed by atoms with Crippen LogP contribution >= 0.6 is 0 Å². The lowest BCUT2D eigenvalue weighted by molar-refractivity contribution is -0.0238. The highest BCUT2D eigenvalue weighted by Crippen LogP contribution is 2.55. The number of hydrogen-bond acceptors (Lipinski definition) is 4. The lowest BCUT2D eigenvalue weighted by Crippen LogP contribution is -2.47. The molecule has 0 aliphatic carbocycles. The smallest absolute Gasteiger partial charge is 0.192 e. The van der Waals surface area contributed by atoms with E-state index in [1.807, 2.05) is 0 Å². The molecule has 148 valence electrons. The van der Waals surface area contributed by atoms with Gasteiger partial charge in [-0.2, -0.15) is 0 Å². The second-order valence-electron chi connectivity index (χ2n) is 10.6. The van der Waals surface area contributed by atoms with E-state index in [9.17, 15) is 0 Å². The highest BCUT2D eigenvalue weighted by molar-refractivity contribution is 6.74. The summed E-state index contributed by atoms with van der Waals surface area (Å²) in [7, 11) is -1.80. The molecule has 27 heavy (non-hydrogen) atoms. The predicted molar refractivity (Wildman–Crippen MR) is 114 cm³/mol. The molecule has 3 atom stereocenters. The Morgan fingerprint density at radius 2 is 1.93 bits per heavy atom. The van der Waals surface area contributed by atoms with Crippen molar-refractivity contribution in [2.45, 2.75) is 76.9 Å². The Kier molecular flexibility index (Phi) is 4.19. The lowest BCUT2D eigenvalue weighted by Gasteiger charge is -2.40. The van der Waals surface area contributed by atoms with Crippen LogP contribution in [0.3, 0.4) is 0 Å². The van der Waals surface area contributed by atoms with E-state index in [2.05, 4.69) is 77.3 Å². The minimum atomic E-state index is -1.80. The summed E-state index contributed by atoms with van der Waals surface area (Å²) in [5.41, 5.74) is 3.58. The third-order valence-corrected chi connectivity index (χ3v) is 11.7. The molecular formula is C22H34N2O2Si. The SMILES string of the molecule is CC(C)(CO[Si](C)(C)C(C)(C)C)[C@H]1O[C@@H]2Nc3ccccc3[C@@]23CCN=C13. The van der Waals surface area contributed by atoms with Gasteiger partial charge in [0.05, 0.1) is 11.1 Å². The Bertz CT molecular complexity index is 781. The monoisotopic (exact) mass is 386 g/mol. The number of benzene rings is 1. The van der Waals surface area contributed by atoms with Crippen molar-refractivity contribution in [2.75, 3.05) is 18.5 Å². The number of anilines is 1. The molecule has 0 bridgehead atoms. The second-order valence-corrected chi connectivity index (χ2v) is 15.4. The van der Waals surface area contributed by atoms with Gasteiger partial charge in [0.2, 0.25) is 0 Å². The van der Waals surface area contributed by atoms with Gasteiger partial charge in [0.15, 0.2) is 8.32 Å². The molecule has 1 spiro atoms. The first-order valence-electron chi connectivity index (χ1n) is 10.2. The number of ether oxygens (including phenoxy) is 1. The largest absolute Gasteiger partial charge is 0.416 e. The van der Waals surface area contributed by atoms with Crippen molar-refractivity contribution in [3.63, 3.8) is 0 Å². The zero-order chi connectivity index (χ0) is 19.7. The zero-order valence-corrected chi connectivity index (χ0v) is 18.8. The van der Waals surface area contributed by atoms with Crippen LogP contribution in [0.1, 0.15) is 46.6 Å². The Hall–Kier alpha value is -1.17. The predicted octanol–water partition coefficient (Wildman–Crippen LogP) is 4.97. The minimum absolute atomic E-state index is 0.00405. The normalized spacial score (nSPS) is 29.8. The summed E-state index contributed by atoms with van der Waals surface area (Å²) in [4.78, 5) is 4.98. The first kappa shape index (κ1) is 19.2. The molecule has 1 fully saturated rings. The maximum atomic E-state index is 6.63. The summed E-state index contributed by atoms with van der Waals surface area (Å²) in [5.74, 6) is 0. The van der Waals surface area contributed by atoms with Gasteiger partial charge in [0.25, 0.3) is 0 Å². The summed E-state index contributed by atoms with van der Waals surface area (Å²) in [5, 5.41) is 3.83. The van der Waals surface area contributed by atoms with Crippen molar-refractivity contribution in [3.05, 3.63) is 29.8 Å². The lowest BCUT2D eigenvalue weighted by atomic mass is 9.72. The van der Waals surface area contributed by atoms with Crippen LogP contribution in [0.5, 0.6) is 0 Å². The van der Waals surface area contributed by atoms with Gasteiger partial charge in [-0.3, -0.25) is 4.99 Å². The van der Waals surface area contributed by atoms with Crippen molar-refractivity contribution >= 4 is 19.7 Å². The second kappa shape index (κ2) is 5.91. The van der Waals surface area contributed by atoms with Crippen LogP contribution in [-0.2, 0) is 14.6 Å². The van der Waals surface area contributed by atoms with E-state index in [1.54, 1.807) is 0 Å². The number of nitrogens with zero attached hydrogens (tertiary/aromatic N) is 1. The molecule has 5 heteroatoms. The fourth-order valence-corrected chi connectivity index (χ4v) is 5.61. The summed E-state index contributed by atoms with van der Waals surface area (Å²) in [6, 6.07) is 8.62. The fraction of sp³-hybridized carbons (Fsp3) is 0.682. The van der Waals surface area contributed by atoms with Crippen molar-refractivity contribution in [2.24, 2.45) is 10.4 Å². The van der Waals surface area contributed by atoms with Crippen LogP contribution < -0.4 is 5.32 Å². The quantitative estimate of drug-likeness (QED) is 0.743. The topological polar surface area (TPSA) is 42.9 Å². The average molecular weight is 387 g/mol. The first-order valence-corrected chi connectivity index (χ1v) is 13.1. The Morgan fingerprint density at radius 1 is 1.22 bits per heavy atom. The van der Waals surface area contributed by atoms with Crippen molar-refractivity contribution in [1.82, 2.24) is 0 Å². The number of fused-ring (bicyclic) bond motifs is 1. The molecule has 1 aromatic rings. The molecule has 1 aromatic carbocycles. The van der Waals surface area contributed by atoms with Crippen LogP contribution in [0, 0.1) is 5.41 Å². The molecule has 0 radical (unpaired) electrons. The van der Waals surface area contributed by atoms with Crippen LogP contribution in [0.4, 0.5) is 5.69 Å². The van der Waals surface area contributed by atoms with E-state index >= 15 is 0 Å². The van der Waals surface area contributed by atoms with Crippen molar-refractivity contribution in [3.8, 4) is 0 Å². The molecule has 0 saturated carbocycles. The molecule has 4 rings (SSSR count). The highest BCUT2D eigenvalue weighted by Gasteiger charge is 2.63. The van der Waals surface area contributed by atoms with Crippen LogP contribution in [0.25, 0.3) is 0 Å². The maximum Gasteiger partial charge on any atom is 0.192 e. The third kappa shape index (κ3) is 2.73. The fourth-order valence-electron chi connectivity index (χ4n) is 4.44. The number of aliphatic imine (C=N–C) groups is 1. The average Bonchev–Trinajstić information content (AvgIpc) is 3.20. The summed E-state index contributed by atoms with van der Waals surface area (Å²) < 4.78 is 13.2. The van der Waals surface area contributed by atoms with Crippen molar-refractivity contribution < 1.29 is 9.16 Å². The van der Waals surface area contributed by atoms with E-state index in [-0.39, 0.29) is 28.2 Å². The Morgan fingerprint density at radius 3 is 2.63 bits per heavy atom. The van der Waals surface area contributed by atoms with Crippen LogP contribution in [0.15, 0.2) is 29.3 Å². The number of rotatable bonds is 4. The molecule has 0 amide bonds. The Labute approximate surface area is 164 Å². The standard InChI is InChI=1S/C22H34N2O2Si/c1-20(2,3)27(6,7)25-14-21(4,5)18-17-22(12-13-23-17)15-10-8-9-11-16(15)24-19(22)26-18/h8-11,18-19,24H,12-14H2,1-7H3/t18-,19-,22+/m0/s1. The molecule has 1 N–H and O–H groups in total. The van der Waals surface area contributed by atoms with E-state index in [4.69, 9.17) is 14.2 Å². The van der Waals surface area contributed by atoms with Gasteiger partial charge in [-0.15, -0.1) is 0 Å². The molecule has 3 heterocycles. The number of nitrogens with one attached hydrogen (secondary N) is 1. The maximum absolute atomic E-state index is 6.63. The zero-order valence-electron chi connectivity index (χ0n) is 17.8. The summed E-state index contributed by atoms with van der Waals surface area (Å²) >= 11 is 0. The van der Waals surface area contributed by atoms with E-state index < -0.39 is 8.32 Å². The van der Waals surface area contributed by atoms with Gasteiger partial charge in [-0.25, -0.2) is 0 Å². The van der Waals surface area contributed by atoms with Gasteiger partial charge >= 0.3 is 0 Å².